The second-order valence-corrected chi connectivity index (χ2v) is 8.35. The molecule has 1 saturated heterocycles. The van der Waals surface area contributed by atoms with E-state index in [1.807, 2.05) is 57.2 Å². The molecule has 1 N–H and O–H groups in total. The number of aryl methyl sites for hydroxylation is 2. The number of carbonyl (C=O) groups is 2. The molecule has 30 heavy (non-hydrogen) atoms. The van der Waals surface area contributed by atoms with E-state index in [4.69, 9.17) is 0 Å². The molecule has 0 radical (unpaired) electrons. The van der Waals surface area contributed by atoms with Crippen molar-refractivity contribution in [2.24, 2.45) is 13.0 Å². The van der Waals surface area contributed by atoms with E-state index in [1.54, 1.807) is 11.9 Å². The number of aromatic nitrogens is 1. The molecule has 0 bridgehead atoms. The first kappa shape index (κ1) is 21.8. The number of benzene rings is 1. The molecule has 2 aromatic rings. The zero-order valence-electron chi connectivity index (χ0n) is 18.3. The second kappa shape index (κ2) is 9.28. The van der Waals surface area contributed by atoms with Crippen LogP contribution in [0.2, 0.25) is 0 Å². The quantitative estimate of drug-likeness (QED) is 0.825. The summed E-state index contributed by atoms with van der Waals surface area (Å²) in [5, 5.41) is 3.07. The summed E-state index contributed by atoms with van der Waals surface area (Å²) in [6.45, 7) is 6.80. The normalized spacial score (nSPS) is 15.7. The predicted octanol–water partition coefficient (Wildman–Crippen LogP) is 3.12. The van der Waals surface area contributed by atoms with Gasteiger partial charge in [0.25, 0.3) is 11.5 Å². The fraction of sp³-hybridized carbons (Fsp3) is 0.458. The number of rotatable bonds is 5. The lowest BCUT2D eigenvalue weighted by Gasteiger charge is -2.32. The number of amides is 2. The maximum Gasteiger partial charge on any atom is 0.263 e. The topological polar surface area (TPSA) is 71.4 Å². The van der Waals surface area contributed by atoms with Crippen LogP contribution in [0.1, 0.15) is 59.4 Å². The minimum atomic E-state index is -0.242. The smallest absolute Gasteiger partial charge is 0.263 e. The molecule has 2 heterocycles. The summed E-state index contributed by atoms with van der Waals surface area (Å²) in [4.78, 5) is 39.8. The summed E-state index contributed by atoms with van der Waals surface area (Å²) >= 11 is 0. The lowest BCUT2D eigenvalue weighted by atomic mass is 9.92. The molecule has 1 aromatic carbocycles. The van der Waals surface area contributed by atoms with Crippen molar-refractivity contribution in [3.8, 4) is 0 Å². The third-order valence-corrected chi connectivity index (χ3v) is 6.13. The molecule has 1 fully saturated rings. The third kappa shape index (κ3) is 4.81. The average Bonchev–Trinajstić information content (AvgIpc) is 2.73. The van der Waals surface area contributed by atoms with Gasteiger partial charge in [-0.1, -0.05) is 30.3 Å². The van der Waals surface area contributed by atoms with Gasteiger partial charge in [-0.3, -0.25) is 14.4 Å². The number of hydrogen-bond donors (Lipinski definition) is 1. The molecule has 2 amide bonds. The van der Waals surface area contributed by atoms with Gasteiger partial charge in [0.05, 0.1) is 6.04 Å². The Labute approximate surface area is 177 Å². The van der Waals surface area contributed by atoms with Crippen LogP contribution in [-0.2, 0) is 11.8 Å². The summed E-state index contributed by atoms with van der Waals surface area (Å²) < 4.78 is 1.52. The van der Waals surface area contributed by atoms with Crippen LogP contribution in [-0.4, -0.2) is 34.4 Å². The van der Waals surface area contributed by atoms with Gasteiger partial charge in [0.1, 0.15) is 5.56 Å². The number of likely N-dealkylation sites (tertiary alicyclic amines) is 1. The number of hydrogen-bond acceptors (Lipinski definition) is 3. The fourth-order valence-corrected chi connectivity index (χ4v) is 4.12. The molecule has 1 aliphatic heterocycles. The Balaban J connectivity index is 1.55. The van der Waals surface area contributed by atoms with Crippen LogP contribution in [0.3, 0.4) is 0 Å². The van der Waals surface area contributed by atoms with Gasteiger partial charge < -0.3 is 14.8 Å². The Morgan fingerprint density at radius 2 is 1.77 bits per heavy atom. The zero-order valence-corrected chi connectivity index (χ0v) is 18.3. The monoisotopic (exact) mass is 409 g/mol. The summed E-state index contributed by atoms with van der Waals surface area (Å²) in [6, 6.07) is 11.8. The summed E-state index contributed by atoms with van der Waals surface area (Å²) in [7, 11) is 1.69. The maximum atomic E-state index is 13.0. The number of nitrogens with one attached hydrogen (secondary N) is 1. The van der Waals surface area contributed by atoms with E-state index in [0.717, 1.165) is 29.7 Å². The van der Waals surface area contributed by atoms with Crippen molar-refractivity contribution in [2.75, 3.05) is 13.1 Å². The molecule has 1 aliphatic rings. The molecular formula is C24H31N3O3. The molecule has 160 valence electrons. The molecule has 0 saturated carbocycles. The van der Waals surface area contributed by atoms with Gasteiger partial charge >= 0.3 is 0 Å². The van der Waals surface area contributed by atoms with E-state index in [0.29, 0.717) is 19.5 Å². The highest BCUT2D eigenvalue weighted by Gasteiger charge is 2.28. The third-order valence-electron chi connectivity index (χ3n) is 6.13. The fourth-order valence-electron chi connectivity index (χ4n) is 4.12. The van der Waals surface area contributed by atoms with Crippen molar-refractivity contribution in [1.29, 1.82) is 0 Å². The standard InChI is InChI=1S/C24H31N3O3/c1-16-14-17(2)26(4)23(29)22(16)24(30)27-12-10-19(11-13-27)15-21(28)25-18(3)20-8-6-5-7-9-20/h5-9,14,18-19H,10-13,15H2,1-4H3,(H,25,28)/t18-/m1/s1. The highest BCUT2D eigenvalue weighted by molar-refractivity contribution is 5.95. The molecule has 3 rings (SSSR count). The van der Waals surface area contributed by atoms with E-state index >= 15 is 0 Å². The molecule has 1 atom stereocenters. The maximum absolute atomic E-state index is 13.0. The summed E-state index contributed by atoms with van der Waals surface area (Å²) in [5.74, 6) is 0.0899. The molecule has 1 aromatic heterocycles. The number of nitrogens with zero attached hydrogens (tertiary/aromatic N) is 2. The van der Waals surface area contributed by atoms with Crippen LogP contribution in [0, 0.1) is 19.8 Å². The summed E-state index contributed by atoms with van der Waals surface area (Å²) in [6.07, 6.45) is 2.00. The van der Waals surface area contributed by atoms with Gasteiger partial charge in [-0.05, 0) is 56.7 Å². The second-order valence-electron chi connectivity index (χ2n) is 8.35. The Hall–Kier alpha value is -2.89. The van der Waals surface area contributed by atoms with E-state index in [2.05, 4.69) is 5.32 Å². The molecule has 0 spiro atoms. The zero-order chi connectivity index (χ0) is 21.8. The van der Waals surface area contributed by atoms with Crippen molar-refractivity contribution < 1.29 is 9.59 Å². The van der Waals surface area contributed by atoms with Crippen molar-refractivity contribution in [3.05, 3.63) is 69.1 Å². The van der Waals surface area contributed by atoms with E-state index < -0.39 is 0 Å². The van der Waals surface area contributed by atoms with E-state index in [-0.39, 0.29) is 34.9 Å². The van der Waals surface area contributed by atoms with Crippen molar-refractivity contribution in [1.82, 2.24) is 14.8 Å². The molecule has 6 heteroatoms. The van der Waals surface area contributed by atoms with Crippen LogP contribution in [0.4, 0.5) is 0 Å². The number of carbonyl (C=O) groups excluding carboxylic acids is 2. The van der Waals surface area contributed by atoms with Gasteiger partial charge in [-0.25, -0.2) is 0 Å². The Morgan fingerprint density at radius 3 is 2.40 bits per heavy atom. The van der Waals surface area contributed by atoms with Crippen LogP contribution < -0.4 is 10.9 Å². The highest BCUT2D eigenvalue weighted by atomic mass is 16.2. The Morgan fingerprint density at radius 1 is 1.13 bits per heavy atom. The molecule has 6 nitrogen and oxygen atoms in total. The van der Waals surface area contributed by atoms with Crippen LogP contribution in [0.25, 0.3) is 0 Å². The van der Waals surface area contributed by atoms with Gasteiger partial charge in [-0.15, -0.1) is 0 Å². The van der Waals surface area contributed by atoms with E-state index in [9.17, 15) is 14.4 Å². The van der Waals surface area contributed by atoms with Crippen LogP contribution in [0.5, 0.6) is 0 Å². The molecular weight excluding hydrogens is 378 g/mol. The Bertz CT molecular complexity index is 973. The van der Waals surface area contributed by atoms with Gasteiger partial charge in [0, 0.05) is 32.3 Å². The summed E-state index contributed by atoms with van der Waals surface area (Å²) in [5.41, 5.74) is 2.66. The minimum absolute atomic E-state index is 0.0268. The average molecular weight is 410 g/mol. The van der Waals surface area contributed by atoms with Crippen molar-refractivity contribution >= 4 is 11.8 Å². The first-order valence-corrected chi connectivity index (χ1v) is 10.6. The number of piperidine rings is 1. The van der Waals surface area contributed by atoms with Gasteiger partial charge in [0.2, 0.25) is 5.91 Å². The molecule has 0 unspecified atom stereocenters. The van der Waals surface area contributed by atoms with Crippen LogP contribution >= 0.6 is 0 Å². The van der Waals surface area contributed by atoms with Crippen molar-refractivity contribution in [3.63, 3.8) is 0 Å². The van der Waals surface area contributed by atoms with Crippen LogP contribution in [0.15, 0.2) is 41.2 Å². The van der Waals surface area contributed by atoms with Gasteiger partial charge in [-0.2, -0.15) is 0 Å². The van der Waals surface area contributed by atoms with E-state index in [1.165, 1.54) is 4.57 Å². The number of pyridine rings is 1. The van der Waals surface area contributed by atoms with Gasteiger partial charge in [0.15, 0.2) is 0 Å². The first-order chi connectivity index (χ1) is 14.3. The Kier molecular flexibility index (Phi) is 6.75. The first-order valence-electron chi connectivity index (χ1n) is 10.6. The lowest BCUT2D eigenvalue weighted by molar-refractivity contribution is -0.122. The van der Waals surface area contributed by atoms with Crippen molar-refractivity contribution in [2.45, 2.75) is 46.1 Å². The SMILES string of the molecule is Cc1cc(C)n(C)c(=O)c1C(=O)N1CCC(CC(=O)N[C@H](C)c2ccccc2)CC1. The lowest BCUT2D eigenvalue weighted by Crippen LogP contribution is -2.42. The predicted molar refractivity (Wildman–Crippen MR) is 117 cm³/mol. The molecule has 0 aliphatic carbocycles. The minimum Gasteiger partial charge on any atom is -0.350 e. The largest absolute Gasteiger partial charge is 0.350 e. The highest BCUT2D eigenvalue weighted by Crippen LogP contribution is 2.23.